The van der Waals surface area contributed by atoms with Crippen LogP contribution in [0, 0.1) is 5.82 Å². The van der Waals surface area contributed by atoms with Crippen molar-refractivity contribution in [3.63, 3.8) is 0 Å². The standard InChI is InChI=1S/C25H16FN3OS/c26-19-10-6-16(7-11-19)22-14-21-24(31-22)23(28-15-27-21)17-8-12-20(13-9-17)29-25(30)18-4-2-1-3-5-18/h1-15H,(H,29,30). The minimum Gasteiger partial charge on any atom is -0.322 e. The number of benzene rings is 3. The number of thiophene rings is 1. The van der Waals surface area contributed by atoms with E-state index in [1.54, 1.807) is 41.9 Å². The fraction of sp³-hybridized carbons (Fsp3) is 0. The Kier molecular flexibility index (Phi) is 4.98. The maximum atomic E-state index is 13.3. The Balaban J connectivity index is 1.44. The van der Waals surface area contributed by atoms with Crippen LogP contribution in [0.1, 0.15) is 10.4 Å². The highest BCUT2D eigenvalue weighted by molar-refractivity contribution is 7.22. The fourth-order valence-electron chi connectivity index (χ4n) is 3.32. The molecule has 0 fully saturated rings. The lowest BCUT2D eigenvalue weighted by Gasteiger charge is -2.07. The van der Waals surface area contributed by atoms with Gasteiger partial charge in [0.2, 0.25) is 0 Å². The van der Waals surface area contributed by atoms with E-state index in [0.29, 0.717) is 11.3 Å². The van der Waals surface area contributed by atoms with E-state index in [1.165, 1.54) is 12.1 Å². The number of nitrogens with one attached hydrogen (secondary N) is 1. The maximum absolute atomic E-state index is 13.3. The average Bonchev–Trinajstić information content (AvgIpc) is 3.25. The van der Waals surface area contributed by atoms with Gasteiger partial charge in [0.15, 0.2) is 0 Å². The molecule has 0 aliphatic carbocycles. The molecule has 4 nitrogen and oxygen atoms in total. The molecule has 0 aliphatic heterocycles. The van der Waals surface area contributed by atoms with Crippen LogP contribution in [0.3, 0.4) is 0 Å². The van der Waals surface area contributed by atoms with Gasteiger partial charge in [0.05, 0.1) is 15.9 Å². The van der Waals surface area contributed by atoms with Crippen LogP contribution in [0.25, 0.3) is 31.9 Å². The van der Waals surface area contributed by atoms with Gasteiger partial charge in [0.1, 0.15) is 12.1 Å². The number of rotatable bonds is 4. The summed E-state index contributed by atoms with van der Waals surface area (Å²) < 4.78 is 14.2. The van der Waals surface area contributed by atoms with Gasteiger partial charge in [-0.3, -0.25) is 4.79 Å². The smallest absolute Gasteiger partial charge is 0.255 e. The van der Waals surface area contributed by atoms with E-state index in [1.807, 2.05) is 48.5 Å². The molecule has 2 aromatic heterocycles. The molecule has 0 bridgehead atoms. The summed E-state index contributed by atoms with van der Waals surface area (Å²) in [4.78, 5) is 22.2. The topological polar surface area (TPSA) is 54.9 Å². The van der Waals surface area contributed by atoms with Crippen LogP contribution in [-0.2, 0) is 0 Å². The molecule has 0 saturated carbocycles. The molecule has 0 aliphatic rings. The highest BCUT2D eigenvalue weighted by Crippen LogP contribution is 2.37. The molecule has 150 valence electrons. The fourth-order valence-corrected chi connectivity index (χ4v) is 4.45. The van der Waals surface area contributed by atoms with Gasteiger partial charge in [-0.05, 0) is 48.0 Å². The van der Waals surface area contributed by atoms with Gasteiger partial charge in [-0.2, -0.15) is 0 Å². The summed E-state index contributed by atoms with van der Waals surface area (Å²) in [6.45, 7) is 0. The van der Waals surface area contributed by atoms with E-state index >= 15 is 0 Å². The number of aromatic nitrogens is 2. The Labute approximate surface area is 182 Å². The van der Waals surface area contributed by atoms with Crippen LogP contribution >= 0.6 is 11.3 Å². The van der Waals surface area contributed by atoms with Gasteiger partial charge < -0.3 is 5.32 Å². The molecule has 31 heavy (non-hydrogen) atoms. The van der Waals surface area contributed by atoms with Gasteiger partial charge in [-0.25, -0.2) is 14.4 Å². The predicted molar refractivity (Wildman–Crippen MR) is 123 cm³/mol. The Morgan fingerprint density at radius 3 is 2.29 bits per heavy atom. The van der Waals surface area contributed by atoms with Crippen molar-refractivity contribution in [1.82, 2.24) is 9.97 Å². The molecule has 2 heterocycles. The number of hydrogen-bond donors (Lipinski definition) is 1. The van der Waals surface area contributed by atoms with Crippen molar-refractivity contribution in [2.75, 3.05) is 5.32 Å². The van der Waals surface area contributed by atoms with E-state index in [-0.39, 0.29) is 11.7 Å². The van der Waals surface area contributed by atoms with Crippen LogP contribution in [0.15, 0.2) is 91.3 Å². The minimum atomic E-state index is -0.259. The Bertz CT molecular complexity index is 1360. The maximum Gasteiger partial charge on any atom is 0.255 e. The van der Waals surface area contributed by atoms with Crippen LogP contribution in [0.2, 0.25) is 0 Å². The molecular formula is C25H16FN3OS. The van der Waals surface area contributed by atoms with E-state index in [2.05, 4.69) is 15.3 Å². The van der Waals surface area contributed by atoms with Gasteiger partial charge in [-0.1, -0.05) is 42.5 Å². The zero-order valence-corrected chi connectivity index (χ0v) is 17.1. The SMILES string of the molecule is O=C(Nc1ccc(-c2ncnc3cc(-c4ccc(F)cc4)sc23)cc1)c1ccccc1. The lowest BCUT2D eigenvalue weighted by Crippen LogP contribution is -2.11. The molecule has 3 aromatic carbocycles. The zero-order chi connectivity index (χ0) is 21.2. The average molecular weight is 425 g/mol. The third-order valence-electron chi connectivity index (χ3n) is 4.89. The lowest BCUT2D eigenvalue weighted by atomic mass is 10.1. The third-order valence-corrected chi connectivity index (χ3v) is 6.07. The summed E-state index contributed by atoms with van der Waals surface area (Å²) >= 11 is 1.57. The van der Waals surface area contributed by atoms with Crippen molar-refractivity contribution >= 4 is 33.1 Å². The first kappa shape index (κ1) is 19.1. The molecule has 0 atom stereocenters. The number of amides is 1. The molecule has 6 heteroatoms. The normalized spacial score (nSPS) is 10.9. The first-order valence-corrected chi connectivity index (χ1v) is 10.5. The summed E-state index contributed by atoms with van der Waals surface area (Å²) in [6.07, 6.45) is 1.55. The Morgan fingerprint density at radius 2 is 1.55 bits per heavy atom. The molecule has 1 amide bonds. The third kappa shape index (κ3) is 3.93. The van der Waals surface area contributed by atoms with Gasteiger partial charge in [0.25, 0.3) is 5.91 Å². The number of hydrogen-bond acceptors (Lipinski definition) is 4. The molecule has 5 aromatic rings. The number of fused-ring (bicyclic) bond motifs is 1. The zero-order valence-electron chi connectivity index (χ0n) is 16.2. The van der Waals surface area contributed by atoms with Crippen LogP contribution < -0.4 is 5.32 Å². The van der Waals surface area contributed by atoms with E-state index in [9.17, 15) is 9.18 Å². The number of nitrogens with zero attached hydrogens (tertiary/aromatic N) is 2. The van der Waals surface area contributed by atoms with Gasteiger partial charge in [0, 0.05) is 21.7 Å². The van der Waals surface area contributed by atoms with Gasteiger partial charge in [-0.15, -0.1) is 11.3 Å². The van der Waals surface area contributed by atoms with Crippen molar-refractivity contribution in [2.24, 2.45) is 0 Å². The number of carbonyl (C=O) groups is 1. The quantitative estimate of drug-likeness (QED) is 0.362. The lowest BCUT2D eigenvalue weighted by molar-refractivity contribution is 0.102. The van der Waals surface area contributed by atoms with Crippen molar-refractivity contribution in [3.05, 3.63) is 103 Å². The van der Waals surface area contributed by atoms with Crippen molar-refractivity contribution in [3.8, 4) is 21.7 Å². The summed E-state index contributed by atoms with van der Waals surface area (Å²) in [5, 5.41) is 2.90. The minimum absolute atomic E-state index is 0.153. The van der Waals surface area contributed by atoms with Crippen LogP contribution in [0.4, 0.5) is 10.1 Å². The monoisotopic (exact) mass is 425 g/mol. The second-order valence-electron chi connectivity index (χ2n) is 6.95. The van der Waals surface area contributed by atoms with Crippen molar-refractivity contribution in [1.29, 1.82) is 0 Å². The van der Waals surface area contributed by atoms with Crippen LogP contribution in [-0.4, -0.2) is 15.9 Å². The molecular weight excluding hydrogens is 409 g/mol. The number of halogens is 1. The molecule has 5 rings (SSSR count). The second kappa shape index (κ2) is 8.08. The molecule has 0 saturated heterocycles. The highest BCUT2D eigenvalue weighted by atomic mass is 32.1. The second-order valence-corrected chi connectivity index (χ2v) is 8.00. The Morgan fingerprint density at radius 1 is 0.839 bits per heavy atom. The van der Waals surface area contributed by atoms with Crippen molar-refractivity contribution in [2.45, 2.75) is 0 Å². The van der Waals surface area contributed by atoms with E-state index < -0.39 is 0 Å². The summed E-state index contributed by atoms with van der Waals surface area (Å²) in [5.41, 5.74) is 4.85. The molecule has 1 N–H and O–H groups in total. The first-order chi connectivity index (χ1) is 15.2. The van der Waals surface area contributed by atoms with E-state index in [4.69, 9.17) is 0 Å². The number of anilines is 1. The summed E-state index contributed by atoms with van der Waals surface area (Å²) in [5.74, 6) is -0.412. The molecule has 0 radical (unpaired) electrons. The van der Waals surface area contributed by atoms with Crippen LogP contribution in [0.5, 0.6) is 0 Å². The largest absolute Gasteiger partial charge is 0.322 e. The Hall–Kier alpha value is -3.90. The summed E-state index contributed by atoms with van der Waals surface area (Å²) in [6, 6.07) is 25.1. The molecule has 0 unspecified atom stereocenters. The van der Waals surface area contributed by atoms with E-state index in [0.717, 1.165) is 31.9 Å². The van der Waals surface area contributed by atoms with Crippen molar-refractivity contribution < 1.29 is 9.18 Å². The molecule has 0 spiro atoms. The van der Waals surface area contributed by atoms with Gasteiger partial charge >= 0.3 is 0 Å². The first-order valence-electron chi connectivity index (χ1n) is 9.65. The summed E-state index contributed by atoms with van der Waals surface area (Å²) in [7, 11) is 0. The predicted octanol–water partition coefficient (Wildman–Crippen LogP) is 6.42. The number of carbonyl (C=O) groups excluding carboxylic acids is 1. The highest BCUT2D eigenvalue weighted by Gasteiger charge is 2.12.